The molecule has 2 rings (SSSR count). The highest BCUT2D eigenvalue weighted by atomic mass is 16.6. The zero-order valence-corrected chi connectivity index (χ0v) is 10.0. The van der Waals surface area contributed by atoms with Crippen molar-refractivity contribution >= 4 is 17.7 Å². The fourth-order valence-corrected chi connectivity index (χ4v) is 2.09. The van der Waals surface area contributed by atoms with Crippen LogP contribution in [0.2, 0.25) is 0 Å². The fourth-order valence-electron chi connectivity index (χ4n) is 2.09. The van der Waals surface area contributed by atoms with Crippen LogP contribution in [0.3, 0.4) is 0 Å². The molecule has 1 unspecified atom stereocenters. The van der Waals surface area contributed by atoms with Crippen molar-refractivity contribution in [3.05, 3.63) is 33.9 Å². The number of aldehydes is 1. The summed E-state index contributed by atoms with van der Waals surface area (Å²) in [5, 5.41) is 11.1. The van der Waals surface area contributed by atoms with Gasteiger partial charge in [-0.1, -0.05) is 0 Å². The van der Waals surface area contributed by atoms with Gasteiger partial charge in [0, 0.05) is 24.2 Å². The number of hydrogen-bond acceptors (Lipinski definition) is 5. The highest BCUT2D eigenvalue weighted by Crippen LogP contribution is 2.31. The van der Waals surface area contributed by atoms with E-state index in [2.05, 4.69) is 0 Å². The van der Waals surface area contributed by atoms with Gasteiger partial charge in [0.05, 0.1) is 18.1 Å². The predicted molar refractivity (Wildman–Crippen MR) is 66.1 cm³/mol. The van der Waals surface area contributed by atoms with E-state index >= 15 is 0 Å². The molecule has 0 amide bonds. The standard InChI is InChI=1S/C12H14N2O4/c1-9-8-18-5-4-13(9)11-3-2-10(7-15)6-12(11)14(16)17/h2-3,6-7,9H,4-5,8H2,1H3. The highest BCUT2D eigenvalue weighted by molar-refractivity contribution is 5.79. The molecule has 6 heteroatoms. The van der Waals surface area contributed by atoms with Crippen molar-refractivity contribution < 1.29 is 14.5 Å². The molecule has 0 N–H and O–H groups in total. The Balaban J connectivity index is 2.42. The van der Waals surface area contributed by atoms with E-state index in [0.29, 0.717) is 37.3 Å². The van der Waals surface area contributed by atoms with Gasteiger partial charge in [-0.2, -0.15) is 0 Å². The molecular formula is C12H14N2O4. The lowest BCUT2D eigenvalue weighted by Crippen LogP contribution is -2.43. The summed E-state index contributed by atoms with van der Waals surface area (Å²) in [6.07, 6.45) is 0.611. The lowest BCUT2D eigenvalue weighted by Gasteiger charge is -2.34. The summed E-state index contributed by atoms with van der Waals surface area (Å²) < 4.78 is 5.31. The Hall–Kier alpha value is -1.95. The van der Waals surface area contributed by atoms with Crippen LogP contribution in [0.15, 0.2) is 18.2 Å². The summed E-state index contributed by atoms with van der Waals surface area (Å²) in [5.74, 6) is 0. The van der Waals surface area contributed by atoms with Crippen LogP contribution in [-0.2, 0) is 4.74 Å². The summed E-state index contributed by atoms with van der Waals surface area (Å²) in [6.45, 7) is 3.67. The molecule has 96 valence electrons. The first kappa shape index (κ1) is 12.5. The molecule has 0 radical (unpaired) electrons. The number of anilines is 1. The molecule has 1 aromatic carbocycles. The van der Waals surface area contributed by atoms with E-state index in [9.17, 15) is 14.9 Å². The van der Waals surface area contributed by atoms with Gasteiger partial charge < -0.3 is 9.64 Å². The molecule has 1 atom stereocenters. The second kappa shape index (κ2) is 5.14. The number of ether oxygens (including phenoxy) is 1. The maximum Gasteiger partial charge on any atom is 0.293 e. The smallest absolute Gasteiger partial charge is 0.293 e. The number of carbonyl (C=O) groups excluding carboxylic acids is 1. The van der Waals surface area contributed by atoms with E-state index < -0.39 is 4.92 Å². The minimum absolute atomic E-state index is 0.0339. The zero-order valence-electron chi connectivity index (χ0n) is 10.0. The Bertz CT molecular complexity index is 475. The highest BCUT2D eigenvalue weighted by Gasteiger charge is 2.26. The third kappa shape index (κ3) is 2.33. The van der Waals surface area contributed by atoms with Gasteiger partial charge in [-0.15, -0.1) is 0 Å². The maximum absolute atomic E-state index is 11.1. The largest absolute Gasteiger partial charge is 0.377 e. The molecule has 0 bridgehead atoms. The van der Waals surface area contributed by atoms with Crippen LogP contribution in [0, 0.1) is 10.1 Å². The predicted octanol–water partition coefficient (Wildman–Crippen LogP) is 1.63. The first-order chi connectivity index (χ1) is 8.63. The van der Waals surface area contributed by atoms with Crippen molar-refractivity contribution in [2.75, 3.05) is 24.7 Å². The van der Waals surface area contributed by atoms with Crippen molar-refractivity contribution in [2.24, 2.45) is 0 Å². The third-order valence-electron chi connectivity index (χ3n) is 3.01. The van der Waals surface area contributed by atoms with E-state index in [4.69, 9.17) is 4.74 Å². The molecule has 0 aromatic heterocycles. The average molecular weight is 250 g/mol. The number of benzene rings is 1. The molecule has 6 nitrogen and oxygen atoms in total. The Kier molecular flexibility index (Phi) is 3.57. The quantitative estimate of drug-likeness (QED) is 0.463. The average Bonchev–Trinajstić information content (AvgIpc) is 2.38. The fraction of sp³-hybridized carbons (Fsp3) is 0.417. The minimum atomic E-state index is -0.454. The third-order valence-corrected chi connectivity index (χ3v) is 3.01. The number of hydrogen-bond donors (Lipinski definition) is 0. The molecule has 1 aromatic rings. The number of morpholine rings is 1. The molecule has 18 heavy (non-hydrogen) atoms. The second-order valence-corrected chi connectivity index (χ2v) is 4.24. The van der Waals surface area contributed by atoms with E-state index in [1.54, 1.807) is 12.1 Å². The van der Waals surface area contributed by atoms with Gasteiger partial charge in [-0.25, -0.2) is 0 Å². The number of nitro groups is 1. The van der Waals surface area contributed by atoms with E-state index in [-0.39, 0.29) is 11.7 Å². The van der Waals surface area contributed by atoms with Gasteiger partial charge in [0.15, 0.2) is 0 Å². The second-order valence-electron chi connectivity index (χ2n) is 4.24. The lowest BCUT2D eigenvalue weighted by molar-refractivity contribution is -0.384. The first-order valence-corrected chi connectivity index (χ1v) is 5.71. The van der Waals surface area contributed by atoms with Crippen molar-refractivity contribution in [1.82, 2.24) is 0 Å². The molecule has 1 heterocycles. The Morgan fingerprint density at radius 3 is 2.94 bits per heavy atom. The van der Waals surface area contributed by atoms with Crippen molar-refractivity contribution in [1.29, 1.82) is 0 Å². The van der Waals surface area contributed by atoms with Gasteiger partial charge in [-0.05, 0) is 19.1 Å². The van der Waals surface area contributed by atoms with Crippen LogP contribution < -0.4 is 4.90 Å². The summed E-state index contributed by atoms with van der Waals surface area (Å²) in [4.78, 5) is 23.2. The van der Waals surface area contributed by atoms with Crippen molar-refractivity contribution in [3.8, 4) is 0 Å². The minimum Gasteiger partial charge on any atom is -0.377 e. The van der Waals surface area contributed by atoms with Gasteiger partial charge in [0.2, 0.25) is 0 Å². The molecule has 1 aliphatic rings. The number of nitrogens with zero attached hydrogens (tertiary/aromatic N) is 2. The Labute approximate surface area is 104 Å². The summed E-state index contributed by atoms with van der Waals surface area (Å²) in [6, 6.07) is 4.62. The first-order valence-electron chi connectivity index (χ1n) is 5.71. The molecule has 1 fully saturated rings. The monoisotopic (exact) mass is 250 g/mol. The van der Waals surface area contributed by atoms with Crippen LogP contribution in [0.1, 0.15) is 17.3 Å². The summed E-state index contributed by atoms with van der Waals surface area (Å²) in [5.41, 5.74) is 0.820. The number of nitro benzene ring substituents is 1. The maximum atomic E-state index is 11.1. The number of rotatable bonds is 3. The van der Waals surface area contributed by atoms with Crippen LogP contribution >= 0.6 is 0 Å². The van der Waals surface area contributed by atoms with Gasteiger partial charge in [-0.3, -0.25) is 14.9 Å². The van der Waals surface area contributed by atoms with Crippen molar-refractivity contribution in [2.45, 2.75) is 13.0 Å². The lowest BCUT2D eigenvalue weighted by atomic mass is 10.1. The molecular weight excluding hydrogens is 236 g/mol. The molecule has 1 saturated heterocycles. The molecule has 1 aliphatic heterocycles. The van der Waals surface area contributed by atoms with E-state index in [0.717, 1.165) is 0 Å². The van der Waals surface area contributed by atoms with Crippen LogP contribution in [0.4, 0.5) is 11.4 Å². The zero-order chi connectivity index (χ0) is 13.1. The van der Waals surface area contributed by atoms with Gasteiger partial charge in [0.1, 0.15) is 12.0 Å². The summed E-state index contributed by atoms with van der Waals surface area (Å²) >= 11 is 0. The topological polar surface area (TPSA) is 72.7 Å². The van der Waals surface area contributed by atoms with E-state index in [1.807, 2.05) is 11.8 Å². The van der Waals surface area contributed by atoms with Crippen LogP contribution in [0.25, 0.3) is 0 Å². The Morgan fingerprint density at radius 1 is 1.56 bits per heavy atom. The molecule has 0 saturated carbocycles. The Morgan fingerprint density at radius 2 is 2.33 bits per heavy atom. The van der Waals surface area contributed by atoms with Crippen molar-refractivity contribution in [3.63, 3.8) is 0 Å². The molecule has 0 spiro atoms. The molecule has 0 aliphatic carbocycles. The number of carbonyl (C=O) groups is 1. The van der Waals surface area contributed by atoms with Crippen LogP contribution in [-0.4, -0.2) is 37.0 Å². The van der Waals surface area contributed by atoms with Crippen LogP contribution in [0.5, 0.6) is 0 Å². The van der Waals surface area contributed by atoms with Gasteiger partial charge >= 0.3 is 0 Å². The van der Waals surface area contributed by atoms with E-state index in [1.165, 1.54) is 6.07 Å². The van der Waals surface area contributed by atoms with Gasteiger partial charge in [0.25, 0.3) is 5.69 Å². The summed E-state index contributed by atoms with van der Waals surface area (Å²) in [7, 11) is 0. The normalized spacial score (nSPS) is 19.6. The SMILES string of the molecule is CC1COCCN1c1ccc(C=O)cc1[N+](=O)[O-].